The van der Waals surface area contributed by atoms with Gasteiger partial charge in [-0.05, 0) is 25.2 Å². The van der Waals surface area contributed by atoms with Crippen molar-refractivity contribution >= 4 is 10.0 Å². The Morgan fingerprint density at radius 2 is 2.27 bits per heavy atom. The van der Waals surface area contributed by atoms with Gasteiger partial charge in [-0.25, -0.2) is 12.7 Å². The summed E-state index contributed by atoms with van der Waals surface area (Å²) >= 11 is 0. The van der Waals surface area contributed by atoms with Crippen LogP contribution < -0.4 is 0 Å². The predicted molar refractivity (Wildman–Crippen MR) is 60.0 cm³/mol. The molecule has 15 heavy (non-hydrogen) atoms. The highest BCUT2D eigenvalue weighted by Gasteiger charge is 2.27. The average Bonchev–Trinajstić information content (AvgIpc) is 2.26. The molecule has 1 fully saturated rings. The first-order valence-electron chi connectivity index (χ1n) is 5.29. The summed E-state index contributed by atoms with van der Waals surface area (Å²) in [6.07, 6.45) is 3.87. The molecule has 0 unspecified atom stereocenters. The zero-order chi connectivity index (χ0) is 11.3. The molecular weight excluding hydrogens is 214 g/mol. The monoisotopic (exact) mass is 233 g/mol. The van der Waals surface area contributed by atoms with Gasteiger partial charge in [0.05, 0.1) is 5.75 Å². The van der Waals surface area contributed by atoms with Crippen LogP contribution in [0.4, 0.5) is 0 Å². The highest BCUT2D eigenvalue weighted by atomic mass is 32.2. The molecule has 88 valence electrons. The van der Waals surface area contributed by atoms with Crippen molar-refractivity contribution in [1.82, 2.24) is 4.31 Å². The number of nitrogens with zero attached hydrogens (tertiary/aromatic N) is 1. The molecule has 0 amide bonds. The highest BCUT2D eigenvalue weighted by Crippen LogP contribution is 2.19. The van der Waals surface area contributed by atoms with E-state index in [1.165, 1.54) is 4.31 Å². The number of aliphatic hydroxyl groups excluding tert-OH is 1. The number of allylic oxidation sites excluding steroid dienone is 1. The molecule has 0 aromatic rings. The third-order valence-corrected chi connectivity index (χ3v) is 4.58. The van der Waals surface area contributed by atoms with E-state index in [2.05, 4.69) is 6.58 Å². The maximum absolute atomic E-state index is 11.8. The summed E-state index contributed by atoms with van der Waals surface area (Å²) in [5, 5.41) is 9.01. The van der Waals surface area contributed by atoms with Crippen LogP contribution in [0.25, 0.3) is 0 Å². The Hall–Kier alpha value is -0.390. The zero-order valence-corrected chi connectivity index (χ0v) is 9.75. The number of hydrogen-bond donors (Lipinski definition) is 1. The minimum atomic E-state index is -3.14. The van der Waals surface area contributed by atoms with E-state index in [1.807, 2.05) is 0 Å². The van der Waals surface area contributed by atoms with E-state index in [4.69, 9.17) is 5.11 Å². The summed E-state index contributed by atoms with van der Waals surface area (Å²) in [7, 11) is -3.14. The van der Waals surface area contributed by atoms with Gasteiger partial charge in [-0.3, -0.25) is 0 Å². The SMILES string of the molecule is C=CCCS(=O)(=O)N1CCC[C@@H](CO)C1. The van der Waals surface area contributed by atoms with Crippen LogP contribution in [0.1, 0.15) is 19.3 Å². The normalized spacial score (nSPS) is 23.9. The van der Waals surface area contributed by atoms with Crippen LogP contribution in [0.5, 0.6) is 0 Å². The van der Waals surface area contributed by atoms with Crippen molar-refractivity contribution in [1.29, 1.82) is 0 Å². The van der Waals surface area contributed by atoms with Gasteiger partial charge in [0.2, 0.25) is 10.0 Å². The van der Waals surface area contributed by atoms with Gasteiger partial charge in [0.15, 0.2) is 0 Å². The van der Waals surface area contributed by atoms with E-state index in [-0.39, 0.29) is 18.3 Å². The third-order valence-electron chi connectivity index (χ3n) is 2.71. The minimum absolute atomic E-state index is 0.0769. The molecule has 0 aliphatic carbocycles. The van der Waals surface area contributed by atoms with Gasteiger partial charge in [0, 0.05) is 19.7 Å². The molecule has 1 rings (SSSR count). The number of piperidine rings is 1. The van der Waals surface area contributed by atoms with Crippen LogP contribution in [-0.4, -0.2) is 43.3 Å². The van der Waals surface area contributed by atoms with Crippen LogP contribution in [0.3, 0.4) is 0 Å². The van der Waals surface area contributed by atoms with Crippen molar-refractivity contribution in [2.24, 2.45) is 5.92 Å². The molecule has 1 heterocycles. The second-order valence-corrected chi connectivity index (χ2v) is 6.03. The first kappa shape index (κ1) is 12.7. The van der Waals surface area contributed by atoms with E-state index < -0.39 is 10.0 Å². The van der Waals surface area contributed by atoms with Crippen LogP contribution in [0, 0.1) is 5.92 Å². The van der Waals surface area contributed by atoms with Crippen molar-refractivity contribution in [2.45, 2.75) is 19.3 Å². The fourth-order valence-electron chi connectivity index (χ4n) is 1.79. The quantitative estimate of drug-likeness (QED) is 0.707. The predicted octanol–water partition coefficient (Wildman–Crippen LogP) is 0.597. The van der Waals surface area contributed by atoms with Crippen LogP contribution in [-0.2, 0) is 10.0 Å². The maximum atomic E-state index is 11.8. The van der Waals surface area contributed by atoms with Gasteiger partial charge < -0.3 is 5.11 Å². The number of hydrogen-bond acceptors (Lipinski definition) is 3. The lowest BCUT2D eigenvalue weighted by molar-refractivity contribution is 0.165. The molecular formula is C10H19NO3S. The number of aliphatic hydroxyl groups is 1. The molecule has 5 heteroatoms. The molecule has 1 saturated heterocycles. The maximum Gasteiger partial charge on any atom is 0.214 e. The second-order valence-electron chi connectivity index (χ2n) is 3.94. The summed E-state index contributed by atoms with van der Waals surface area (Å²) in [6, 6.07) is 0. The summed E-state index contributed by atoms with van der Waals surface area (Å²) < 4.78 is 25.1. The molecule has 1 N–H and O–H groups in total. The summed E-state index contributed by atoms with van der Waals surface area (Å²) in [5.41, 5.74) is 0. The van der Waals surface area contributed by atoms with Crippen molar-refractivity contribution < 1.29 is 13.5 Å². The fourth-order valence-corrected chi connectivity index (χ4v) is 3.36. The van der Waals surface area contributed by atoms with E-state index in [0.717, 1.165) is 12.8 Å². The Labute approximate surface area is 91.6 Å². The molecule has 1 aliphatic rings. The Bertz CT molecular complexity index is 300. The van der Waals surface area contributed by atoms with Gasteiger partial charge in [-0.1, -0.05) is 6.08 Å². The topological polar surface area (TPSA) is 57.6 Å². The first-order valence-corrected chi connectivity index (χ1v) is 6.90. The standard InChI is InChI=1S/C10H19NO3S/c1-2-3-7-15(13,14)11-6-4-5-10(8-11)9-12/h2,10,12H,1,3-9H2/t10-/m1/s1. The van der Waals surface area contributed by atoms with Crippen LogP contribution in [0.2, 0.25) is 0 Å². The van der Waals surface area contributed by atoms with Gasteiger partial charge in [-0.15, -0.1) is 6.58 Å². The molecule has 1 atom stereocenters. The van der Waals surface area contributed by atoms with Crippen molar-refractivity contribution in [3.05, 3.63) is 12.7 Å². The van der Waals surface area contributed by atoms with E-state index in [0.29, 0.717) is 19.5 Å². The Balaban J connectivity index is 2.57. The van der Waals surface area contributed by atoms with Crippen molar-refractivity contribution in [3.8, 4) is 0 Å². The summed E-state index contributed by atoms with van der Waals surface area (Å²) in [6.45, 7) is 4.66. The molecule has 1 aliphatic heterocycles. The lowest BCUT2D eigenvalue weighted by Crippen LogP contribution is -2.41. The van der Waals surface area contributed by atoms with Gasteiger partial charge >= 0.3 is 0 Å². The molecule has 0 radical (unpaired) electrons. The number of sulfonamides is 1. The molecule has 4 nitrogen and oxygen atoms in total. The van der Waals surface area contributed by atoms with Gasteiger partial charge in [-0.2, -0.15) is 0 Å². The number of rotatable bonds is 5. The fraction of sp³-hybridized carbons (Fsp3) is 0.800. The summed E-state index contributed by atoms with van der Waals surface area (Å²) in [5.74, 6) is 0.242. The smallest absolute Gasteiger partial charge is 0.214 e. The lowest BCUT2D eigenvalue weighted by atomic mass is 10.0. The average molecular weight is 233 g/mol. The van der Waals surface area contributed by atoms with E-state index in [1.54, 1.807) is 6.08 Å². The Kier molecular flexibility index (Phi) is 4.76. The molecule has 0 aromatic carbocycles. The molecule has 0 aromatic heterocycles. The van der Waals surface area contributed by atoms with Gasteiger partial charge in [0.1, 0.15) is 0 Å². The summed E-state index contributed by atoms with van der Waals surface area (Å²) in [4.78, 5) is 0. The molecule has 0 saturated carbocycles. The largest absolute Gasteiger partial charge is 0.396 e. The Morgan fingerprint density at radius 3 is 2.87 bits per heavy atom. The molecule has 0 spiro atoms. The van der Waals surface area contributed by atoms with Crippen LogP contribution in [0.15, 0.2) is 12.7 Å². The second kappa shape index (κ2) is 5.63. The van der Waals surface area contributed by atoms with E-state index in [9.17, 15) is 8.42 Å². The zero-order valence-electron chi connectivity index (χ0n) is 8.93. The van der Waals surface area contributed by atoms with Crippen molar-refractivity contribution in [3.63, 3.8) is 0 Å². The lowest BCUT2D eigenvalue weighted by Gasteiger charge is -2.30. The third kappa shape index (κ3) is 3.59. The van der Waals surface area contributed by atoms with Gasteiger partial charge in [0.25, 0.3) is 0 Å². The first-order chi connectivity index (χ1) is 7.10. The Morgan fingerprint density at radius 1 is 1.53 bits per heavy atom. The van der Waals surface area contributed by atoms with E-state index >= 15 is 0 Å². The van der Waals surface area contributed by atoms with Crippen molar-refractivity contribution in [2.75, 3.05) is 25.4 Å². The van der Waals surface area contributed by atoms with Crippen LogP contribution >= 0.6 is 0 Å². The minimum Gasteiger partial charge on any atom is -0.396 e. The highest BCUT2D eigenvalue weighted by molar-refractivity contribution is 7.89. The molecule has 0 bridgehead atoms.